The van der Waals surface area contributed by atoms with E-state index in [0.717, 1.165) is 9.86 Å². The van der Waals surface area contributed by atoms with E-state index >= 15 is 0 Å². The van der Waals surface area contributed by atoms with Crippen molar-refractivity contribution in [2.75, 3.05) is 11.9 Å². The molecule has 3 rings (SSSR count). The summed E-state index contributed by atoms with van der Waals surface area (Å²) in [6.07, 6.45) is 1.43. The van der Waals surface area contributed by atoms with Crippen LogP contribution in [0.4, 0.5) is 5.69 Å². The van der Waals surface area contributed by atoms with E-state index in [2.05, 4.69) is 26.2 Å². The van der Waals surface area contributed by atoms with Gasteiger partial charge in [-0.2, -0.15) is 0 Å². The van der Waals surface area contributed by atoms with Crippen LogP contribution in [0.2, 0.25) is 5.02 Å². The fraction of sp³-hybridized carbons (Fsp3) is 0.143. The van der Waals surface area contributed by atoms with Crippen LogP contribution in [-0.4, -0.2) is 29.3 Å². The molecule has 0 aliphatic heterocycles. The Bertz CT molecular complexity index is 1070. The minimum atomic E-state index is -0.624. The molecule has 1 amide bonds. The average molecular weight is 476 g/mol. The average Bonchev–Trinajstić information content (AvgIpc) is 2.73. The Morgan fingerprint density at radius 1 is 1.03 bits per heavy atom. The van der Waals surface area contributed by atoms with Gasteiger partial charge in [0.05, 0.1) is 17.6 Å². The van der Waals surface area contributed by atoms with Crippen molar-refractivity contribution in [3.05, 3.63) is 69.8 Å². The summed E-state index contributed by atoms with van der Waals surface area (Å²) in [7, 11) is 0. The van der Waals surface area contributed by atoms with Gasteiger partial charge in [0, 0.05) is 33.1 Å². The first-order valence-corrected chi connectivity index (χ1v) is 9.88. The van der Waals surface area contributed by atoms with Gasteiger partial charge in [-0.3, -0.25) is 19.4 Å². The predicted molar refractivity (Wildman–Crippen MR) is 114 cm³/mol. The third-order valence-electron chi connectivity index (χ3n) is 4.08. The van der Waals surface area contributed by atoms with Crippen molar-refractivity contribution < 1.29 is 19.1 Å². The Morgan fingerprint density at radius 2 is 1.79 bits per heavy atom. The zero-order valence-electron chi connectivity index (χ0n) is 15.2. The number of aromatic nitrogens is 1. The zero-order valence-corrected chi connectivity index (χ0v) is 17.5. The Labute approximate surface area is 180 Å². The number of pyridine rings is 1. The molecule has 1 aromatic heterocycles. The standard InChI is InChI=1S/C21H16BrClN2O4/c22-16-7-8-17(21-15(16)2-1-11-24-21)25-19(27)9-10-20(28)29-12-18(26)13-3-5-14(23)6-4-13/h1-8,11H,9-10,12H2,(H,25,27). The van der Waals surface area contributed by atoms with Crippen molar-refractivity contribution in [1.29, 1.82) is 0 Å². The van der Waals surface area contributed by atoms with Crippen LogP contribution < -0.4 is 5.32 Å². The predicted octanol–water partition coefficient (Wildman–Crippen LogP) is 4.80. The van der Waals surface area contributed by atoms with E-state index in [4.69, 9.17) is 16.3 Å². The Hall–Kier alpha value is -2.77. The molecule has 0 radical (unpaired) electrons. The number of fused-ring (bicyclic) bond motifs is 1. The molecule has 148 valence electrons. The molecule has 6 nitrogen and oxygen atoms in total. The van der Waals surface area contributed by atoms with Crippen LogP contribution >= 0.6 is 27.5 Å². The van der Waals surface area contributed by atoms with Crippen LogP contribution in [-0.2, 0) is 14.3 Å². The molecule has 8 heteroatoms. The van der Waals surface area contributed by atoms with E-state index in [1.807, 2.05) is 12.1 Å². The highest BCUT2D eigenvalue weighted by molar-refractivity contribution is 9.10. The lowest BCUT2D eigenvalue weighted by molar-refractivity contribution is -0.143. The second-order valence-electron chi connectivity index (χ2n) is 6.13. The molecule has 1 heterocycles. The van der Waals surface area contributed by atoms with Gasteiger partial charge in [0.15, 0.2) is 12.4 Å². The number of rotatable bonds is 7. The number of ether oxygens (including phenoxy) is 1. The quantitative estimate of drug-likeness (QED) is 0.392. The smallest absolute Gasteiger partial charge is 0.306 e. The molecule has 0 atom stereocenters. The number of anilines is 1. The summed E-state index contributed by atoms with van der Waals surface area (Å²) in [5, 5.41) is 4.13. The second kappa shape index (κ2) is 9.62. The van der Waals surface area contributed by atoms with Gasteiger partial charge in [-0.15, -0.1) is 0 Å². The molecule has 0 aliphatic rings. The number of hydrogen-bond donors (Lipinski definition) is 1. The molecule has 0 fully saturated rings. The maximum Gasteiger partial charge on any atom is 0.306 e. The molecular weight excluding hydrogens is 460 g/mol. The molecule has 29 heavy (non-hydrogen) atoms. The molecule has 0 spiro atoms. The second-order valence-corrected chi connectivity index (χ2v) is 7.42. The van der Waals surface area contributed by atoms with Crippen molar-refractivity contribution in [2.24, 2.45) is 0 Å². The topological polar surface area (TPSA) is 85.4 Å². The van der Waals surface area contributed by atoms with Gasteiger partial charge in [-0.05, 0) is 42.5 Å². The molecule has 1 N–H and O–H groups in total. The monoisotopic (exact) mass is 474 g/mol. The first-order valence-electron chi connectivity index (χ1n) is 8.71. The minimum absolute atomic E-state index is 0.0711. The summed E-state index contributed by atoms with van der Waals surface area (Å²) < 4.78 is 5.82. The van der Waals surface area contributed by atoms with E-state index in [1.54, 1.807) is 42.6 Å². The highest BCUT2D eigenvalue weighted by Gasteiger charge is 2.13. The van der Waals surface area contributed by atoms with Gasteiger partial charge in [0.1, 0.15) is 0 Å². The number of Topliss-reactive ketones (excluding diaryl/α,β-unsaturated/α-hetero) is 1. The maximum atomic E-state index is 12.2. The molecule has 0 aliphatic carbocycles. The number of nitrogens with one attached hydrogen (secondary N) is 1. The SMILES string of the molecule is O=C(CCC(=O)OCC(=O)c1ccc(Cl)cc1)Nc1ccc(Br)c2cccnc12. The van der Waals surface area contributed by atoms with E-state index in [1.165, 1.54) is 0 Å². The largest absolute Gasteiger partial charge is 0.457 e. The van der Waals surface area contributed by atoms with Gasteiger partial charge < -0.3 is 10.1 Å². The maximum absolute atomic E-state index is 12.2. The molecule has 0 unspecified atom stereocenters. The van der Waals surface area contributed by atoms with Crippen LogP contribution in [0.25, 0.3) is 10.9 Å². The Morgan fingerprint density at radius 3 is 2.55 bits per heavy atom. The van der Waals surface area contributed by atoms with Crippen molar-refractivity contribution in [3.63, 3.8) is 0 Å². The third-order valence-corrected chi connectivity index (χ3v) is 5.02. The van der Waals surface area contributed by atoms with Crippen molar-refractivity contribution >= 4 is 61.8 Å². The number of halogens is 2. The summed E-state index contributed by atoms with van der Waals surface area (Å²) in [5.74, 6) is -1.31. The number of nitrogens with zero attached hydrogens (tertiary/aromatic N) is 1. The normalized spacial score (nSPS) is 10.6. The van der Waals surface area contributed by atoms with Crippen LogP contribution in [0.15, 0.2) is 59.2 Å². The van der Waals surface area contributed by atoms with Crippen LogP contribution in [0.1, 0.15) is 23.2 Å². The Kier molecular flexibility index (Phi) is 6.95. The number of carbonyl (C=O) groups excluding carboxylic acids is 3. The fourth-order valence-electron chi connectivity index (χ4n) is 2.60. The number of carbonyl (C=O) groups is 3. The highest BCUT2D eigenvalue weighted by Crippen LogP contribution is 2.28. The van der Waals surface area contributed by atoms with Crippen LogP contribution in [0.5, 0.6) is 0 Å². The van der Waals surface area contributed by atoms with Gasteiger partial charge in [-0.25, -0.2) is 0 Å². The van der Waals surface area contributed by atoms with Gasteiger partial charge in [-0.1, -0.05) is 33.6 Å². The van der Waals surface area contributed by atoms with Crippen molar-refractivity contribution in [1.82, 2.24) is 4.98 Å². The lowest BCUT2D eigenvalue weighted by atomic mass is 10.1. The molecular formula is C21H16BrClN2O4. The molecule has 3 aromatic rings. The lowest BCUT2D eigenvalue weighted by Crippen LogP contribution is -2.17. The molecule has 0 bridgehead atoms. The van der Waals surface area contributed by atoms with Gasteiger partial charge in [0.25, 0.3) is 0 Å². The zero-order chi connectivity index (χ0) is 20.8. The third kappa shape index (κ3) is 5.62. The lowest BCUT2D eigenvalue weighted by Gasteiger charge is -2.09. The summed E-state index contributed by atoms with van der Waals surface area (Å²) in [5.41, 5.74) is 1.60. The van der Waals surface area contributed by atoms with E-state index < -0.39 is 5.97 Å². The number of benzene rings is 2. The Balaban J connectivity index is 1.49. The summed E-state index contributed by atoms with van der Waals surface area (Å²) >= 11 is 9.22. The number of amides is 1. The molecule has 0 saturated carbocycles. The summed E-state index contributed by atoms with van der Waals surface area (Å²) in [6, 6.07) is 13.5. The molecule has 2 aromatic carbocycles. The van der Waals surface area contributed by atoms with Crippen LogP contribution in [0, 0.1) is 0 Å². The fourth-order valence-corrected chi connectivity index (χ4v) is 3.18. The van der Waals surface area contributed by atoms with E-state index in [9.17, 15) is 14.4 Å². The highest BCUT2D eigenvalue weighted by atomic mass is 79.9. The number of esters is 1. The summed E-state index contributed by atoms with van der Waals surface area (Å²) in [6.45, 7) is -0.386. The van der Waals surface area contributed by atoms with E-state index in [0.29, 0.717) is 21.8 Å². The number of ketones is 1. The van der Waals surface area contributed by atoms with Gasteiger partial charge >= 0.3 is 5.97 Å². The summed E-state index contributed by atoms with van der Waals surface area (Å²) in [4.78, 5) is 40.3. The van der Waals surface area contributed by atoms with Crippen LogP contribution in [0.3, 0.4) is 0 Å². The van der Waals surface area contributed by atoms with Crippen molar-refractivity contribution in [3.8, 4) is 0 Å². The first kappa shape index (κ1) is 21.0. The van der Waals surface area contributed by atoms with Gasteiger partial charge in [0.2, 0.25) is 5.91 Å². The van der Waals surface area contributed by atoms with E-state index in [-0.39, 0.29) is 31.1 Å². The first-order chi connectivity index (χ1) is 13.9. The molecule has 0 saturated heterocycles. The minimum Gasteiger partial charge on any atom is -0.457 e. The van der Waals surface area contributed by atoms with Crippen molar-refractivity contribution in [2.45, 2.75) is 12.8 Å². The number of hydrogen-bond acceptors (Lipinski definition) is 5.